The molecule has 1 saturated heterocycles. The first kappa shape index (κ1) is 26.1. The van der Waals surface area contributed by atoms with Gasteiger partial charge in [-0.05, 0) is 64.9 Å². The van der Waals surface area contributed by atoms with Crippen LogP contribution in [-0.4, -0.2) is 35.3 Å². The van der Waals surface area contributed by atoms with E-state index < -0.39 is 12.1 Å². The molecule has 6 nitrogen and oxygen atoms in total. The third-order valence-electron chi connectivity index (χ3n) is 7.43. The molecule has 2 amide bonds. The molecule has 0 aromatic heterocycles. The molecule has 0 aliphatic carbocycles. The molecule has 6 heteroatoms. The van der Waals surface area contributed by atoms with Crippen molar-refractivity contribution in [2.75, 3.05) is 6.54 Å². The predicted octanol–water partition coefficient (Wildman–Crippen LogP) is 4.95. The van der Waals surface area contributed by atoms with Gasteiger partial charge in [0, 0.05) is 13.0 Å². The highest BCUT2D eigenvalue weighted by molar-refractivity contribution is 5.97. The van der Waals surface area contributed by atoms with Crippen molar-refractivity contribution in [1.82, 2.24) is 10.2 Å². The average molecular weight is 517 g/mol. The van der Waals surface area contributed by atoms with Gasteiger partial charge >= 0.3 is 0 Å². The molecule has 3 N–H and O–H groups in total. The van der Waals surface area contributed by atoms with Gasteiger partial charge < -0.3 is 16.0 Å². The van der Waals surface area contributed by atoms with Gasteiger partial charge in [0.05, 0.1) is 11.6 Å². The van der Waals surface area contributed by atoms with Crippen LogP contribution >= 0.6 is 0 Å². The Hall–Kier alpha value is -4.47. The fourth-order valence-electron chi connectivity index (χ4n) is 5.34. The first-order valence-electron chi connectivity index (χ1n) is 13.4. The minimum Gasteiger partial charge on any atom is -0.342 e. The minimum atomic E-state index is -0.619. The predicted molar refractivity (Wildman–Crippen MR) is 153 cm³/mol. The quantitative estimate of drug-likeness (QED) is 0.308. The van der Waals surface area contributed by atoms with Crippen LogP contribution in [0.2, 0.25) is 0 Å². The van der Waals surface area contributed by atoms with Gasteiger partial charge in [0.1, 0.15) is 12.1 Å². The molecule has 0 radical (unpaired) electrons. The first-order valence-corrected chi connectivity index (χ1v) is 13.4. The summed E-state index contributed by atoms with van der Waals surface area (Å²) < 4.78 is 0. The van der Waals surface area contributed by atoms with Crippen LogP contribution in [0.5, 0.6) is 0 Å². The fraction of sp³-hybridized carbons (Fsp3) is 0.242. The fourth-order valence-corrected chi connectivity index (χ4v) is 5.34. The van der Waals surface area contributed by atoms with Crippen molar-refractivity contribution < 1.29 is 9.59 Å². The van der Waals surface area contributed by atoms with E-state index >= 15 is 0 Å². The van der Waals surface area contributed by atoms with Crippen molar-refractivity contribution in [1.29, 1.82) is 5.26 Å². The Bertz CT molecular complexity index is 1520. The number of unbranched alkanes of at least 4 members (excludes halogenated alkanes) is 1. The first-order chi connectivity index (χ1) is 19.1. The minimum absolute atomic E-state index is 0.0700. The smallest absolute Gasteiger partial charge is 0.246 e. The lowest BCUT2D eigenvalue weighted by Crippen LogP contribution is -2.63. The third-order valence-corrected chi connectivity index (χ3v) is 7.43. The molecule has 0 bridgehead atoms. The number of hydrogen-bond acceptors (Lipinski definition) is 4. The molecule has 196 valence electrons. The Morgan fingerprint density at radius 1 is 0.846 bits per heavy atom. The van der Waals surface area contributed by atoms with E-state index in [2.05, 4.69) is 35.7 Å². The Morgan fingerprint density at radius 2 is 1.56 bits per heavy atom. The van der Waals surface area contributed by atoms with Crippen LogP contribution in [0.4, 0.5) is 0 Å². The highest BCUT2D eigenvalue weighted by atomic mass is 16.2. The number of hydrogen-bond donors (Lipinski definition) is 2. The largest absolute Gasteiger partial charge is 0.342 e. The molecule has 0 spiro atoms. The van der Waals surface area contributed by atoms with E-state index in [9.17, 15) is 14.9 Å². The number of carbonyl (C=O) groups is 2. The van der Waals surface area contributed by atoms with Crippen molar-refractivity contribution in [2.24, 2.45) is 5.73 Å². The molecule has 39 heavy (non-hydrogen) atoms. The summed E-state index contributed by atoms with van der Waals surface area (Å²) >= 11 is 0. The Kier molecular flexibility index (Phi) is 8.00. The van der Waals surface area contributed by atoms with Gasteiger partial charge in [-0.25, -0.2) is 0 Å². The van der Waals surface area contributed by atoms with Crippen molar-refractivity contribution in [3.05, 3.63) is 108 Å². The molecule has 2 atom stereocenters. The van der Waals surface area contributed by atoms with Crippen LogP contribution in [0.25, 0.3) is 21.9 Å². The topological polar surface area (TPSA) is 99.2 Å². The molecule has 1 heterocycles. The average Bonchev–Trinajstić information content (AvgIpc) is 2.97. The molecule has 1 aliphatic rings. The standard InChI is InChI=1S/C33H32N4O2/c34-18-6-5-11-31-32(38)36-30(20-24-14-15-25-7-1-2-8-27(25)19-24)33(39)37(31)22-23-12-16-26(17-13-23)29-10-4-3-9-28(29)21-35/h1-4,7-10,12-17,19,30-31H,5-6,11,18,20,22,34H2,(H,36,38)/t30-,31-/m0/s1. The summed E-state index contributed by atoms with van der Waals surface area (Å²) in [7, 11) is 0. The number of nitrogens with zero attached hydrogens (tertiary/aromatic N) is 2. The van der Waals surface area contributed by atoms with E-state index in [0.29, 0.717) is 31.5 Å². The Labute approximate surface area is 229 Å². The highest BCUT2D eigenvalue weighted by Crippen LogP contribution is 2.26. The lowest BCUT2D eigenvalue weighted by atomic mass is 9.95. The van der Waals surface area contributed by atoms with Gasteiger partial charge in [0.2, 0.25) is 11.8 Å². The summed E-state index contributed by atoms with van der Waals surface area (Å²) in [4.78, 5) is 28.8. The molecule has 4 aromatic rings. The maximum atomic E-state index is 13.8. The van der Waals surface area contributed by atoms with E-state index in [-0.39, 0.29) is 11.8 Å². The summed E-state index contributed by atoms with van der Waals surface area (Å²) in [5, 5.41) is 14.7. The normalized spacial score (nSPS) is 17.2. The molecule has 1 fully saturated rings. The van der Waals surface area contributed by atoms with Crippen LogP contribution in [0, 0.1) is 11.3 Å². The molecule has 5 rings (SSSR count). The number of rotatable bonds is 9. The molecule has 4 aromatic carbocycles. The maximum absolute atomic E-state index is 13.8. The molecule has 0 unspecified atom stereocenters. The summed E-state index contributed by atoms with van der Waals surface area (Å²) in [6.45, 7) is 0.895. The van der Waals surface area contributed by atoms with E-state index in [1.165, 1.54) is 0 Å². The van der Waals surface area contributed by atoms with Gasteiger partial charge in [-0.3, -0.25) is 9.59 Å². The number of benzene rings is 4. The number of nitriles is 1. The van der Waals surface area contributed by atoms with Gasteiger partial charge in [-0.15, -0.1) is 0 Å². The highest BCUT2D eigenvalue weighted by Gasteiger charge is 2.40. The number of nitrogens with one attached hydrogen (secondary N) is 1. The zero-order chi connectivity index (χ0) is 27.2. The maximum Gasteiger partial charge on any atom is 0.246 e. The van der Waals surface area contributed by atoms with Crippen LogP contribution < -0.4 is 11.1 Å². The number of piperazine rings is 1. The second-order valence-corrected chi connectivity index (χ2v) is 10.1. The second-order valence-electron chi connectivity index (χ2n) is 10.1. The number of carbonyl (C=O) groups excluding carboxylic acids is 2. The summed E-state index contributed by atoms with van der Waals surface area (Å²) in [6, 6.07) is 30.7. The van der Waals surface area contributed by atoms with E-state index in [1.807, 2.05) is 60.7 Å². The lowest BCUT2D eigenvalue weighted by molar-refractivity contribution is -0.150. The van der Waals surface area contributed by atoms with Gasteiger partial charge in [-0.1, -0.05) is 84.9 Å². The molecule has 0 saturated carbocycles. The van der Waals surface area contributed by atoms with Gasteiger partial charge in [0.25, 0.3) is 0 Å². The Morgan fingerprint density at radius 3 is 2.33 bits per heavy atom. The van der Waals surface area contributed by atoms with Crippen LogP contribution in [0.15, 0.2) is 91.0 Å². The van der Waals surface area contributed by atoms with E-state index in [4.69, 9.17) is 5.73 Å². The van der Waals surface area contributed by atoms with E-state index in [0.717, 1.165) is 45.9 Å². The van der Waals surface area contributed by atoms with Crippen LogP contribution in [0.1, 0.15) is 36.0 Å². The zero-order valence-electron chi connectivity index (χ0n) is 21.8. The number of fused-ring (bicyclic) bond motifs is 1. The van der Waals surface area contributed by atoms with Crippen LogP contribution in [-0.2, 0) is 22.6 Å². The Balaban J connectivity index is 1.38. The molecular formula is C33H32N4O2. The van der Waals surface area contributed by atoms with Gasteiger partial charge in [0.15, 0.2) is 0 Å². The molecular weight excluding hydrogens is 484 g/mol. The van der Waals surface area contributed by atoms with Crippen molar-refractivity contribution in [3.63, 3.8) is 0 Å². The monoisotopic (exact) mass is 516 g/mol. The molecule has 1 aliphatic heterocycles. The lowest BCUT2D eigenvalue weighted by Gasteiger charge is -2.39. The SMILES string of the molecule is N#Cc1ccccc1-c1ccc(CN2C(=O)[C@H](Cc3ccc4ccccc4c3)NC(=O)[C@@H]2CCCCN)cc1. The summed E-state index contributed by atoms with van der Waals surface area (Å²) in [5.41, 5.74) is 10.1. The van der Waals surface area contributed by atoms with E-state index in [1.54, 1.807) is 11.0 Å². The third kappa shape index (κ3) is 5.84. The summed E-state index contributed by atoms with van der Waals surface area (Å²) in [5.74, 6) is -0.184. The number of amides is 2. The van der Waals surface area contributed by atoms with Crippen molar-refractivity contribution >= 4 is 22.6 Å². The van der Waals surface area contributed by atoms with Crippen LogP contribution in [0.3, 0.4) is 0 Å². The van der Waals surface area contributed by atoms with Crippen molar-refractivity contribution in [3.8, 4) is 17.2 Å². The number of nitrogens with two attached hydrogens (primary N) is 1. The summed E-state index contributed by atoms with van der Waals surface area (Å²) in [6.07, 6.45) is 2.59. The van der Waals surface area contributed by atoms with Gasteiger partial charge in [-0.2, -0.15) is 5.26 Å². The van der Waals surface area contributed by atoms with Crippen molar-refractivity contribution in [2.45, 2.75) is 44.3 Å². The second kappa shape index (κ2) is 11.9. The zero-order valence-corrected chi connectivity index (χ0v) is 21.8.